The molecule has 2 aromatic carbocycles. The number of carbonyl (C=O) groups excluding carboxylic acids is 2. The number of benzene rings is 2. The molecule has 2 N–H and O–H groups in total. The fourth-order valence-corrected chi connectivity index (χ4v) is 2.77. The summed E-state index contributed by atoms with van der Waals surface area (Å²) in [4.78, 5) is 25.0. The molecule has 0 heterocycles. The van der Waals surface area contributed by atoms with Crippen LogP contribution < -0.4 is 10.6 Å². The van der Waals surface area contributed by atoms with Crippen LogP contribution in [0.3, 0.4) is 0 Å². The predicted molar refractivity (Wildman–Crippen MR) is 91.8 cm³/mol. The number of para-hydroxylation sites is 1. The van der Waals surface area contributed by atoms with Crippen LogP contribution in [-0.2, 0) is 15.8 Å². The summed E-state index contributed by atoms with van der Waals surface area (Å²) in [5, 5.41) is 5.26. The Morgan fingerprint density at radius 1 is 0.962 bits per heavy atom. The Morgan fingerprint density at radius 3 is 2.23 bits per heavy atom. The third kappa shape index (κ3) is 3.67. The largest absolute Gasteiger partial charge is 0.418 e. The zero-order chi connectivity index (χ0) is 18.9. The molecule has 4 nitrogen and oxygen atoms in total. The van der Waals surface area contributed by atoms with Gasteiger partial charge in [-0.05, 0) is 43.2 Å². The molecule has 1 saturated carbocycles. The minimum absolute atomic E-state index is 0.263. The number of carbonyl (C=O) groups is 2. The van der Waals surface area contributed by atoms with E-state index >= 15 is 0 Å². The molecule has 0 aromatic heterocycles. The van der Waals surface area contributed by atoms with Gasteiger partial charge >= 0.3 is 6.18 Å². The Bertz CT molecular complexity index is 864. The highest BCUT2D eigenvalue weighted by molar-refractivity contribution is 6.31. The summed E-state index contributed by atoms with van der Waals surface area (Å²) in [7, 11) is 0. The van der Waals surface area contributed by atoms with Crippen molar-refractivity contribution in [2.75, 3.05) is 10.6 Å². The molecule has 0 unspecified atom stereocenters. The molecule has 1 aliphatic carbocycles. The Labute approximate surface area is 152 Å². The van der Waals surface area contributed by atoms with Gasteiger partial charge in [0, 0.05) is 10.7 Å². The molecule has 0 saturated heterocycles. The average molecular weight is 383 g/mol. The molecule has 136 valence electrons. The summed E-state index contributed by atoms with van der Waals surface area (Å²) in [5.74, 6) is -1.32. The van der Waals surface area contributed by atoms with E-state index in [9.17, 15) is 22.8 Å². The third-order valence-corrected chi connectivity index (χ3v) is 4.42. The van der Waals surface area contributed by atoms with Crippen molar-refractivity contribution in [2.45, 2.75) is 19.0 Å². The maximum absolute atomic E-state index is 13.1. The number of anilines is 2. The maximum Gasteiger partial charge on any atom is 0.418 e. The monoisotopic (exact) mass is 382 g/mol. The second kappa shape index (κ2) is 6.64. The zero-order valence-electron chi connectivity index (χ0n) is 13.4. The third-order valence-electron chi connectivity index (χ3n) is 4.18. The molecule has 3 rings (SSSR count). The lowest BCUT2D eigenvalue weighted by atomic mass is 10.0. The van der Waals surface area contributed by atoms with Gasteiger partial charge in [-0.2, -0.15) is 13.2 Å². The molecule has 2 amide bonds. The van der Waals surface area contributed by atoms with Gasteiger partial charge in [-0.1, -0.05) is 29.8 Å². The highest BCUT2D eigenvalue weighted by Crippen LogP contribution is 2.48. The van der Waals surface area contributed by atoms with Gasteiger partial charge < -0.3 is 10.6 Å². The van der Waals surface area contributed by atoms with E-state index in [1.807, 2.05) is 0 Å². The second-order valence-corrected chi connectivity index (χ2v) is 6.48. The number of amides is 2. The number of hydrogen-bond donors (Lipinski definition) is 2. The topological polar surface area (TPSA) is 58.2 Å². The number of hydrogen-bond acceptors (Lipinski definition) is 2. The second-order valence-electron chi connectivity index (χ2n) is 6.04. The number of rotatable bonds is 4. The molecule has 26 heavy (non-hydrogen) atoms. The first-order chi connectivity index (χ1) is 12.2. The minimum Gasteiger partial charge on any atom is -0.325 e. The van der Waals surface area contributed by atoms with Gasteiger partial charge in [-0.25, -0.2) is 0 Å². The Morgan fingerprint density at radius 2 is 1.62 bits per heavy atom. The fraction of sp³-hybridized carbons (Fsp3) is 0.222. The van der Waals surface area contributed by atoms with Gasteiger partial charge in [0.15, 0.2) is 0 Å². The lowest BCUT2D eigenvalue weighted by molar-refractivity contribution is -0.137. The molecule has 0 atom stereocenters. The van der Waals surface area contributed by atoms with E-state index in [4.69, 9.17) is 11.6 Å². The molecule has 0 radical (unpaired) electrons. The predicted octanol–water partition coefficient (Wildman–Crippen LogP) is 4.72. The van der Waals surface area contributed by atoms with Crippen molar-refractivity contribution in [3.05, 3.63) is 59.1 Å². The zero-order valence-corrected chi connectivity index (χ0v) is 14.1. The van der Waals surface area contributed by atoms with Crippen LogP contribution in [-0.4, -0.2) is 11.8 Å². The first-order valence-corrected chi connectivity index (χ1v) is 8.15. The highest BCUT2D eigenvalue weighted by Gasteiger charge is 2.56. The summed E-state index contributed by atoms with van der Waals surface area (Å²) in [6, 6.07) is 11.0. The molecule has 0 spiro atoms. The van der Waals surface area contributed by atoms with E-state index in [2.05, 4.69) is 10.6 Å². The van der Waals surface area contributed by atoms with Gasteiger partial charge in [0.2, 0.25) is 11.8 Å². The van der Waals surface area contributed by atoms with Crippen LogP contribution in [0.2, 0.25) is 5.02 Å². The van der Waals surface area contributed by atoms with Crippen molar-refractivity contribution in [2.24, 2.45) is 5.41 Å². The van der Waals surface area contributed by atoms with Crippen molar-refractivity contribution in [3.63, 3.8) is 0 Å². The number of alkyl halides is 3. The Balaban J connectivity index is 1.77. The molecular weight excluding hydrogens is 369 g/mol. The van der Waals surface area contributed by atoms with E-state index < -0.39 is 29.0 Å². The van der Waals surface area contributed by atoms with Crippen LogP contribution in [0, 0.1) is 5.41 Å². The van der Waals surface area contributed by atoms with Crippen molar-refractivity contribution in [1.29, 1.82) is 0 Å². The summed E-state index contributed by atoms with van der Waals surface area (Å²) in [5.41, 5.74) is -2.29. The Kier molecular flexibility index (Phi) is 4.66. The molecule has 1 fully saturated rings. The smallest absolute Gasteiger partial charge is 0.325 e. The first kappa shape index (κ1) is 18.3. The Hall–Kier alpha value is -2.54. The molecule has 0 aliphatic heterocycles. The van der Waals surface area contributed by atoms with Crippen LogP contribution >= 0.6 is 11.6 Å². The van der Waals surface area contributed by atoms with Crippen LogP contribution in [0.5, 0.6) is 0 Å². The molecule has 1 aliphatic rings. The molecule has 2 aromatic rings. The number of nitrogens with one attached hydrogen (secondary N) is 2. The van der Waals surface area contributed by atoms with Gasteiger partial charge in [0.1, 0.15) is 5.41 Å². The van der Waals surface area contributed by atoms with Crippen molar-refractivity contribution in [3.8, 4) is 0 Å². The van der Waals surface area contributed by atoms with Crippen LogP contribution in [0.25, 0.3) is 0 Å². The molecule has 0 bridgehead atoms. The SMILES string of the molecule is O=C(Nc1cccc(Cl)c1)C1(C(=O)Nc2ccccc2C(F)(F)F)CC1. The van der Waals surface area contributed by atoms with Gasteiger partial charge in [-0.15, -0.1) is 0 Å². The summed E-state index contributed by atoms with van der Waals surface area (Å²) in [6.45, 7) is 0. The lowest BCUT2D eigenvalue weighted by Gasteiger charge is -2.18. The van der Waals surface area contributed by atoms with Crippen molar-refractivity contribution in [1.82, 2.24) is 0 Å². The number of halogens is 4. The first-order valence-electron chi connectivity index (χ1n) is 7.77. The van der Waals surface area contributed by atoms with E-state index in [1.165, 1.54) is 18.2 Å². The van der Waals surface area contributed by atoms with Crippen molar-refractivity contribution < 1.29 is 22.8 Å². The van der Waals surface area contributed by atoms with Gasteiger partial charge in [-0.3, -0.25) is 9.59 Å². The quantitative estimate of drug-likeness (QED) is 0.752. The molecule has 8 heteroatoms. The average Bonchev–Trinajstić information content (AvgIpc) is 3.36. The minimum atomic E-state index is -4.61. The van der Waals surface area contributed by atoms with E-state index in [1.54, 1.807) is 18.2 Å². The highest BCUT2D eigenvalue weighted by atomic mass is 35.5. The lowest BCUT2D eigenvalue weighted by Crippen LogP contribution is -2.36. The van der Waals surface area contributed by atoms with Crippen LogP contribution in [0.1, 0.15) is 18.4 Å². The van der Waals surface area contributed by atoms with Crippen LogP contribution in [0.15, 0.2) is 48.5 Å². The fourth-order valence-electron chi connectivity index (χ4n) is 2.58. The normalized spacial score (nSPS) is 15.2. The summed E-state index contributed by atoms with van der Waals surface area (Å²) < 4.78 is 39.2. The maximum atomic E-state index is 13.1. The molecular formula is C18H14ClF3N2O2. The standard InChI is InChI=1S/C18H14ClF3N2O2/c19-11-4-3-5-12(10-11)23-15(25)17(8-9-17)16(26)24-14-7-2-1-6-13(14)18(20,21)22/h1-7,10H,8-9H2,(H,23,25)(H,24,26). The van der Waals surface area contributed by atoms with Gasteiger partial charge in [0.25, 0.3) is 0 Å². The van der Waals surface area contributed by atoms with Crippen LogP contribution in [0.4, 0.5) is 24.5 Å². The summed E-state index contributed by atoms with van der Waals surface area (Å²) in [6.07, 6.45) is -4.08. The van der Waals surface area contributed by atoms with E-state index in [0.29, 0.717) is 10.7 Å². The van der Waals surface area contributed by atoms with E-state index in [-0.39, 0.29) is 18.5 Å². The van der Waals surface area contributed by atoms with E-state index in [0.717, 1.165) is 12.1 Å². The van der Waals surface area contributed by atoms with Crippen molar-refractivity contribution >= 4 is 34.8 Å². The van der Waals surface area contributed by atoms with Gasteiger partial charge in [0.05, 0.1) is 11.3 Å². The summed E-state index contributed by atoms with van der Waals surface area (Å²) >= 11 is 5.85.